The highest BCUT2D eigenvalue weighted by Gasteiger charge is 2.16. The van der Waals surface area contributed by atoms with E-state index >= 15 is 0 Å². The number of carbonyl (C=O) groups is 1. The van der Waals surface area contributed by atoms with Crippen LogP contribution >= 0.6 is 11.8 Å². The Morgan fingerprint density at radius 1 is 0.857 bits per heavy atom. The van der Waals surface area contributed by atoms with Gasteiger partial charge in [0.2, 0.25) is 0 Å². The lowest BCUT2D eigenvalue weighted by atomic mass is 10.1. The van der Waals surface area contributed by atoms with Crippen LogP contribution in [-0.2, 0) is 5.75 Å². The molecule has 0 aliphatic rings. The van der Waals surface area contributed by atoms with Crippen LogP contribution in [0.5, 0.6) is 0 Å². The molecule has 5 rings (SSSR count). The quantitative estimate of drug-likeness (QED) is 0.288. The second kappa shape index (κ2) is 10.3. The van der Waals surface area contributed by atoms with E-state index in [1.54, 1.807) is 48.4 Å². The highest BCUT2D eigenvalue weighted by molar-refractivity contribution is 7.98. The fourth-order valence-electron chi connectivity index (χ4n) is 3.52. The number of carbonyl (C=O) groups excluding carboxylic acids is 1. The summed E-state index contributed by atoms with van der Waals surface area (Å²) < 4.78 is 15.8. The number of halogens is 1. The maximum absolute atomic E-state index is 13.8. The van der Waals surface area contributed by atoms with E-state index in [0.717, 1.165) is 27.8 Å². The van der Waals surface area contributed by atoms with Crippen LogP contribution in [0.15, 0.2) is 109 Å². The number of nitrogens with zero attached hydrogens (tertiary/aromatic N) is 4. The molecule has 0 atom stereocenters. The van der Waals surface area contributed by atoms with Crippen molar-refractivity contribution in [2.45, 2.75) is 10.9 Å². The van der Waals surface area contributed by atoms with Gasteiger partial charge < -0.3 is 5.32 Å². The number of aromatic nitrogens is 4. The molecular formula is C27H20FN5OS. The molecule has 0 spiro atoms. The van der Waals surface area contributed by atoms with Crippen LogP contribution in [-0.4, -0.2) is 25.7 Å². The summed E-state index contributed by atoms with van der Waals surface area (Å²) in [5.41, 5.74) is 3.52. The lowest BCUT2D eigenvalue weighted by molar-refractivity contribution is 0.102. The molecule has 0 fully saturated rings. The molecule has 0 aliphatic heterocycles. The van der Waals surface area contributed by atoms with Crippen molar-refractivity contribution in [3.63, 3.8) is 0 Å². The Bertz CT molecular complexity index is 1440. The predicted molar refractivity (Wildman–Crippen MR) is 135 cm³/mol. The average molecular weight is 482 g/mol. The average Bonchev–Trinajstić information content (AvgIpc) is 3.34. The van der Waals surface area contributed by atoms with Crippen molar-refractivity contribution < 1.29 is 9.18 Å². The number of pyridine rings is 1. The van der Waals surface area contributed by atoms with E-state index in [1.807, 2.05) is 59.2 Å². The third-order valence-corrected chi connectivity index (χ3v) is 6.29. The fraction of sp³-hybridized carbons (Fsp3) is 0.0370. The minimum Gasteiger partial charge on any atom is -0.319 e. The Hall–Kier alpha value is -4.30. The standard InChI is InChI=1S/C27H20FN5OS/c28-23-8-4-5-9-24(23)30-26(34)21-12-10-19(11-13-21)18-35-27-32-31-25(20-14-16-29-17-15-20)33(27)22-6-2-1-3-7-22/h1-17H,18H2,(H,30,34). The smallest absolute Gasteiger partial charge is 0.255 e. The summed E-state index contributed by atoms with van der Waals surface area (Å²) >= 11 is 1.55. The zero-order valence-corrected chi connectivity index (χ0v) is 19.3. The molecule has 8 heteroatoms. The zero-order chi connectivity index (χ0) is 24.0. The number of hydrogen-bond acceptors (Lipinski definition) is 5. The predicted octanol–water partition coefficient (Wildman–Crippen LogP) is 6.01. The molecule has 1 amide bonds. The molecule has 2 aromatic heterocycles. The molecule has 0 aliphatic carbocycles. The van der Waals surface area contributed by atoms with Crippen LogP contribution < -0.4 is 5.32 Å². The Labute approximate surface area is 205 Å². The molecule has 0 saturated carbocycles. The summed E-state index contributed by atoms with van der Waals surface area (Å²) in [4.78, 5) is 16.6. The molecule has 1 N–H and O–H groups in total. The van der Waals surface area contributed by atoms with E-state index in [9.17, 15) is 9.18 Å². The van der Waals surface area contributed by atoms with Crippen molar-refractivity contribution in [3.8, 4) is 17.1 Å². The normalized spacial score (nSPS) is 10.8. The van der Waals surface area contributed by atoms with Crippen molar-refractivity contribution in [3.05, 3.63) is 120 Å². The highest BCUT2D eigenvalue weighted by atomic mass is 32.2. The van der Waals surface area contributed by atoms with Crippen molar-refractivity contribution in [2.75, 3.05) is 5.32 Å². The SMILES string of the molecule is O=C(Nc1ccccc1F)c1ccc(CSc2nnc(-c3ccncc3)n2-c2ccccc2)cc1. The minimum atomic E-state index is -0.470. The van der Waals surface area contributed by atoms with Gasteiger partial charge in [0.05, 0.1) is 5.69 Å². The van der Waals surface area contributed by atoms with Gasteiger partial charge in [-0.15, -0.1) is 10.2 Å². The van der Waals surface area contributed by atoms with Gasteiger partial charge in [-0.25, -0.2) is 4.39 Å². The van der Waals surface area contributed by atoms with Gasteiger partial charge in [0.15, 0.2) is 11.0 Å². The first-order valence-electron chi connectivity index (χ1n) is 10.9. The third kappa shape index (κ3) is 5.12. The molecule has 2 heterocycles. The lowest BCUT2D eigenvalue weighted by Gasteiger charge is -2.10. The van der Waals surface area contributed by atoms with Gasteiger partial charge in [0.25, 0.3) is 5.91 Å². The van der Waals surface area contributed by atoms with Gasteiger partial charge in [-0.1, -0.05) is 54.2 Å². The Morgan fingerprint density at radius 3 is 2.31 bits per heavy atom. The van der Waals surface area contributed by atoms with E-state index in [1.165, 1.54) is 12.1 Å². The minimum absolute atomic E-state index is 0.155. The van der Waals surface area contributed by atoms with Gasteiger partial charge in [-0.3, -0.25) is 14.3 Å². The maximum Gasteiger partial charge on any atom is 0.255 e. The molecule has 6 nitrogen and oxygen atoms in total. The fourth-order valence-corrected chi connectivity index (χ4v) is 4.43. The number of thioether (sulfide) groups is 1. The number of amides is 1. The van der Waals surface area contributed by atoms with Crippen molar-refractivity contribution in [1.29, 1.82) is 0 Å². The number of benzene rings is 3. The lowest BCUT2D eigenvalue weighted by Crippen LogP contribution is -2.12. The van der Waals surface area contributed by atoms with Crippen molar-refractivity contribution >= 4 is 23.4 Å². The van der Waals surface area contributed by atoms with Gasteiger partial charge in [0.1, 0.15) is 5.82 Å². The maximum atomic E-state index is 13.8. The second-order valence-corrected chi connectivity index (χ2v) is 8.58. The molecule has 0 radical (unpaired) electrons. The summed E-state index contributed by atoms with van der Waals surface area (Å²) in [5.74, 6) is 0.542. The number of hydrogen-bond donors (Lipinski definition) is 1. The van der Waals surface area contributed by atoms with Gasteiger partial charge >= 0.3 is 0 Å². The van der Waals surface area contributed by atoms with Gasteiger partial charge in [-0.2, -0.15) is 0 Å². The van der Waals surface area contributed by atoms with Crippen LogP contribution in [0.4, 0.5) is 10.1 Å². The molecule has 0 bridgehead atoms. The Morgan fingerprint density at radius 2 is 1.57 bits per heavy atom. The molecule has 0 saturated heterocycles. The molecule has 3 aromatic carbocycles. The zero-order valence-electron chi connectivity index (χ0n) is 18.5. The Kier molecular flexibility index (Phi) is 6.63. The van der Waals surface area contributed by atoms with Crippen LogP contribution in [0.25, 0.3) is 17.1 Å². The molecular weight excluding hydrogens is 461 g/mol. The summed E-state index contributed by atoms with van der Waals surface area (Å²) in [6.45, 7) is 0. The highest BCUT2D eigenvalue weighted by Crippen LogP contribution is 2.29. The largest absolute Gasteiger partial charge is 0.319 e. The Balaban J connectivity index is 1.33. The molecule has 0 unspecified atom stereocenters. The monoisotopic (exact) mass is 481 g/mol. The number of rotatable bonds is 7. The van der Waals surface area contributed by atoms with Crippen LogP contribution in [0, 0.1) is 5.82 Å². The van der Waals surface area contributed by atoms with E-state index in [0.29, 0.717) is 11.3 Å². The van der Waals surface area contributed by atoms with Gasteiger partial charge in [0, 0.05) is 35.0 Å². The summed E-state index contributed by atoms with van der Waals surface area (Å²) in [6.07, 6.45) is 3.46. The van der Waals surface area contributed by atoms with E-state index in [-0.39, 0.29) is 11.6 Å². The van der Waals surface area contributed by atoms with Crippen LogP contribution in [0.1, 0.15) is 15.9 Å². The number of nitrogens with one attached hydrogen (secondary N) is 1. The second-order valence-electron chi connectivity index (χ2n) is 7.63. The van der Waals surface area contributed by atoms with E-state index in [2.05, 4.69) is 20.5 Å². The van der Waals surface area contributed by atoms with Crippen LogP contribution in [0.3, 0.4) is 0 Å². The summed E-state index contributed by atoms with van der Waals surface area (Å²) in [7, 11) is 0. The first-order valence-corrected chi connectivity index (χ1v) is 11.9. The van der Waals surface area contributed by atoms with E-state index in [4.69, 9.17) is 0 Å². The molecule has 35 heavy (non-hydrogen) atoms. The third-order valence-electron chi connectivity index (χ3n) is 5.29. The van der Waals surface area contributed by atoms with Crippen LogP contribution in [0.2, 0.25) is 0 Å². The molecule has 172 valence electrons. The topological polar surface area (TPSA) is 72.7 Å². The summed E-state index contributed by atoms with van der Waals surface area (Å²) in [5, 5.41) is 12.2. The first kappa shape index (κ1) is 22.5. The molecule has 5 aromatic rings. The van der Waals surface area contributed by atoms with Gasteiger partial charge in [-0.05, 0) is 54.1 Å². The first-order chi connectivity index (χ1) is 17.2. The van der Waals surface area contributed by atoms with Crippen molar-refractivity contribution in [2.24, 2.45) is 0 Å². The number of anilines is 1. The number of para-hydroxylation sites is 2. The summed E-state index contributed by atoms with van der Waals surface area (Å²) in [6, 6.07) is 27.1. The van der Waals surface area contributed by atoms with E-state index < -0.39 is 5.82 Å². The van der Waals surface area contributed by atoms with Crippen molar-refractivity contribution in [1.82, 2.24) is 19.7 Å².